The van der Waals surface area contributed by atoms with E-state index < -0.39 is 0 Å². The molecule has 6 heteroatoms. The molecule has 2 N–H and O–H groups in total. The number of nitrogens with two attached hydrogens (primary N) is 1. The van der Waals surface area contributed by atoms with Crippen LogP contribution in [0.25, 0.3) is 0 Å². The average molecular weight is 220 g/mol. The third-order valence-corrected chi connectivity index (χ3v) is 2.24. The van der Waals surface area contributed by atoms with Crippen molar-refractivity contribution in [2.24, 2.45) is 12.8 Å². The lowest BCUT2D eigenvalue weighted by Crippen LogP contribution is -2.17. The van der Waals surface area contributed by atoms with Gasteiger partial charge in [0.25, 0.3) is 0 Å². The smallest absolute Gasteiger partial charge is 0.194 e. The molecule has 1 unspecified atom stereocenters. The number of aromatic nitrogens is 5. The fourth-order valence-corrected chi connectivity index (χ4v) is 1.63. The minimum atomic E-state index is 0.186. The van der Waals surface area contributed by atoms with Crippen LogP contribution in [0.5, 0.6) is 0 Å². The van der Waals surface area contributed by atoms with Crippen molar-refractivity contribution in [1.82, 2.24) is 24.8 Å². The third-order valence-electron chi connectivity index (χ3n) is 2.24. The molecular formula is C10H16N6. The van der Waals surface area contributed by atoms with Gasteiger partial charge in [0.05, 0.1) is 13.6 Å². The van der Waals surface area contributed by atoms with Crippen molar-refractivity contribution >= 4 is 0 Å². The summed E-state index contributed by atoms with van der Waals surface area (Å²) < 4.78 is 2.04. The molecule has 0 aliphatic carbocycles. The molecule has 0 spiro atoms. The van der Waals surface area contributed by atoms with Crippen LogP contribution in [0.1, 0.15) is 18.3 Å². The molecule has 86 valence electrons. The lowest BCUT2D eigenvalue weighted by atomic mass is 10.1. The van der Waals surface area contributed by atoms with Crippen LogP contribution in [0.4, 0.5) is 0 Å². The lowest BCUT2D eigenvalue weighted by Gasteiger charge is -2.01. The standard InChI is InChI=1S/C10H16N6/c1-8(11)5-9-3-4-16(6-9)7-10-12-14-15(2)13-10/h3-4,6,8H,5,7,11H2,1-2H3. The molecule has 2 aromatic heterocycles. The van der Waals surface area contributed by atoms with Gasteiger partial charge in [0.15, 0.2) is 5.82 Å². The Balaban J connectivity index is 2.02. The first-order valence-corrected chi connectivity index (χ1v) is 5.26. The van der Waals surface area contributed by atoms with E-state index in [-0.39, 0.29) is 6.04 Å². The second-order valence-corrected chi connectivity index (χ2v) is 4.07. The van der Waals surface area contributed by atoms with Crippen LogP contribution in [-0.2, 0) is 20.0 Å². The molecule has 6 nitrogen and oxygen atoms in total. The van der Waals surface area contributed by atoms with Gasteiger partial charge in [-0.05, 0) is 30.2 Å². The van der Waals surface area contributed by atoms with Gasteiger partial charge in [0, 0.05) is 18.4 Å². The summed E-state index contributed by atoms with van der Waals surface area (Å²) in [7, 11) is 1.76. The summed E-state index contributed by atoms with van der Waals surface area (Å²) in [5, 5.41) is 11.9. The molecule has 0 aliphatic heterocycles. The van der Waals surface area contributed by atoms with Crippen LogP contribution < -0.4 is 5.73 Å². The van der Waals surface area contributed by atoms with Crippen molar-refractivity contribution in [2.45, 2.75) is 25.9 Å². The summed E-state index contributed by atoms with van der Waals surface area (Å²) in [6, 6.07) is 2.25. The third kappa shape index (κ3) is 2.66. The van der Waals surface area contributed by atoms with E-state index in [0.29, 0.717) is 12.4 Å². The Morgan fingerprint density at radius 2 is 2.31 bits per heavy atom. The zero-order chi connectivity index (χ0) is 11.5. The van der Waals surface area contributed by atoms with Crippen molar-refractivity contribution in [3.8, 4) is 0 Å². The van der Waals surface area contributed by atoms with Gasteiger partial charge in [-0.1, -0.05) is 0 Å². The van der Waals surface area contributed by atoms with Gasteiger partial charge in [-0.2, -0.15) is 4.80 Å². The van der Waals surface area contributed by atoms with Gasteiger partial charge < -0.3 is 10.3 Å². The lowest BCUT2D eigenvalue weighted by molar-refractivity contribution is 0.625. The highest BCUT2D eigenvalue weighted by Crippen LogP contribution is 2.05. The highest BCUT2D eigenvalue weighted by molar-refractivity contribution is 5.12. The van der Waals surface area contributed by atoms with E-state index in [1.807, 2.05) is 17.7 Å². The SMILES string of the molecule is CC(N)Cc1ccn(Cc2nnn(C)n2)c1. The summed E-state index contributed by atoms with van der Waals surface area (Å²) in [6.07, 6.45) is 4.97. The molecule has 2 rings (SSSR count). The Labute approximate surface area is 94.1 Å². The minimum absolute atomic E-state index is 0.186. The second-order valence-electron chi connectivity index (χ2n) is 4.07. The topological polar surface area (TPSA) is 74.6 Å². The van der Waals surface area contributed by atoms with E-state index in [4.69, 9.17) is 5.73 Å². The van der Waals surface area contributed by atoms with Gasteiger partial charge in [-0.25, -0.2) is 0 Å². The number of nitrogens with zero attached hydrogens (tertiary/aromatic N) is 5. The van der Waals surface area contributed by atoms with Gasteiger partial charge in [-0.15, -0.1) is 10.2 Å². The largest absolute Gasteiger partial charge is 0.346 e. The van der Waals surface area contributed by atoms with Crippen molar-refractivity contribution in [2.75, 3.05) is 0 Å². The normalized spacial score (nSPS) is 12.9. The average Bonchev–Trinajstić information content (AvgIpc) is 2.76. The zero-order valence-corrected chi connectivity index (χ0v) is 9.54. The molecular weight excluding hydrogens is 204 g/mol. The molecule has 0 radical (unpaired) electrons. The van der Waals surface area contributed by atoms with Crippen LogP contribution >= 0.6 is 0 Å². The zero-order valence-electron chi connectivity index (χ0n) is 9.54. The summed E-state index contributed by atoms with van der Waals surface area (Å²) in [4.78, 5) is 1.46. The molecule has 0 aliphatic rings. The quantitative estimate of drug-likeness (QED) is 0.784. The van der Waals surface area contributed by atoms with E-state index >= 15 is 0 Å². The Hall–Kier alpha value is -1.69. The molecule has 16 heavy (non-hydrogen) atoms. The predicted octanol–water partition coefficient (Wildman–Crippen LogP) is -0.0504. The molecule has 2 aromatic rings. The number of aryl methyl sites for hydroxylation is 1. The van der Waals surface area contributed by atoms with E-state index in [0.717, 1.165) is 6.42 Å². The maximum absolute atomic E-state index is 5.74. The number of tetrazole rings is 1. The Bertz CT molecular complexity index is 455. The maximum Gasteiger partial charge on any atom is 0.194 e. The Kier molecular flexibility index (Phi) is 3.00. The van der Waals surface area contributed by atoms with Crippen LogP contribution in [0.3, 0.4) is 0 Å². The monoisotopic (exact) mass is 220 g/mol. The molecule has 1 atom stereocenters. The summed E-state index contributed by atoms with van der Waals surface area (Å²) >= 11 is 0. The number of hydrogen-bond acceptors (Lipinski definition) is 4. The van der Waals surface area contributed by atoms with Crippen molar-refractivity contribution in [1.29, 1.82) is 0 Å². The first-order chi connectivity index (χ1) is 7.63. The highest BCUT2D eigenvalue weighted by atomic mass is 15.6. The molecule has 0 saturated heterocycles. The van der Waals surface area contributed by atoms with E-state index in [1.54, 1.807) is 7.05 Å². The molecule has 0 bridgehead atoms. The first-order valence-electron chi connectivity index (χ1n) is 5.26. The van der Waals surface area contributed by atoms with Gasteiger partial charge in [-0.3, -0.25) is 0 Å². The van der Waals surface area contributed by atoms with Gasteiger partial charge >= 0.3 is 0 Å². The summed E-state index contributed by atoms with van der Waals surface area (Å²) in [5.74, 6) is 0.713. The second kappa shape index (κ2) is 4.44. The van der Waals surface area contributed by atoms with E-state index in [9.17, 15) is 0 Å². The molecule has 0 aromatic carbocycles. The van der Waals surface area contributed by atoms with Crippen LogP contribution in [0.2, 0.25) is 0 Å². The number of hydrogen-bond donors (Lipinski definition) is 1. The van der Waals surface area contributed by atoms with Gasteiger partial charge in [0.1, 0.15) is 0 Å². The number of rotatable bonds is 4. The molecule has 0 amide bonds. The fourth-order valence-electron chi connectivity index (χ4n) is 1.63. The van der Waals surface area contributed by atoms with Crippen LogP contribution in [-0.4, -0.2) is 30.8 Å². The van der Waals surface area contributed by atoms with Crippen LogP contribution in [0, 0.1) is 0 Å². The van der Waals surface area contributed by atoms with Crippen LogP contribution in [0.15, 0.2) is 18.5 Å². The van der Waals surface area contributed by atoms with Crippen molar-refractivity contribution in [3.63, 3.8) is 0 Å². The summed E-state index contributed by atoms with van der Waals surface area (Å²) in [6.45, 7) is 2.65. The van der Waals surface area contributed by atoms with Gasteiger partial charge in [0.2, 0.25) is 0 Å². The molecule has 0 saturated carbocycles. The van der Waals surface area contributed by atoms with E-state index in [2.05, 4.69) is 27.7 Å². The van der Waals surface area contributed by atoms with E-state index in [1.165, 1.54) is 10.4 Å². The Morgan fingerprint density at radius 1 is 1.50 bits per heavy atom. The predicted molar refractivity (Wildman–Crippen MR) is 59.7 cm³/mol. The maximum atomic E-state index is 5.74. The molecule has 0 fully saturated rings. The first kappa shape index (κ1) is 10.8. The Morgan fingerprint density at radius 3 is 2.94 bits per heavy atom. The van der Waals surface area contributed by atoms with Crippen molar-refractivity contribution < 1.29 is 0 Å². The molecule has 2 heterocycles. The highest BCUT2D eigenvalue weighted by Gasteiger charge is 2.04. The minimum Gasteiger partial charge on any atom is -0.346 e. The fraction of sp³-hybridized carbons (Fsp3) is 0.500. The van der Waals surface area contributed by atoms with Crippen molar-refractivity contribution in [3.05, 3.63) is 29.8 Å². The summed E-state index contributed by atoms with van der Waals surface area (Å²) in [5.41, 5.74) is 6.98.